The van der Waals surface area contributed by atoms with E-state index >= 15 is 0 Å². The zero-order valence-corrected chi connectivity index (χ0v) is 13.2. The second-order valence-corrected chi connectivity index (χ2v) is 5.74. The summed E-state index contributed by atoms with van der Waals surface area (Å²) in [5, 5.41) is 5.41. The van der Waals surface area contributed by atoms with Crippen LogP contribution in [0.1, 0.15) is 31.5 Å². The summed E-state index contributed by atoms with van der Waals surface area (Å²) in [6, 6.07) is 4.07. The minimum atomic E-state index is -0.370. The SMILES string of the molecule is CCOC(=O)C1=C(CN2CCC[C@H]2c2ccc[nH]2)NC(=O)NC1. The van der Waals surface area contributed by atoms with Gasteiger partial charge in [-0.2, -0.15) is 0 Å². The van der Waals surface area contributed by atoms with Crippen molar-refractivity contribution in [3.05, 3.63) is 35.3 Å². The molecule has 0 saturated carbocycles. The Hall–Kier alpha value is -2.28. The van der Waals surface area contributed by atoms with Gasteiger partial charge in [-0.25, -0.2) is 9.59 Å². The van der Waals surface area contributed by atoms with Crippen LogP contribution in [-0.2, 0) is 9.53 Å². The Bertz CT molecular complexity index is 609. The van der Waals surface area contributed by atoms with Crippen molar-refractivity contribution < 1.29 is 14.3 Å². The van der Waals surface area contributed by atoms with Crippen LogP contribution >= 0.6 is 0 Å². The number of carbonyl (C=O) groups excluding carboxylic acids is 2. The highest BCUT2D eigenvalue weighted by Gasteiger charge is 2.31. The third-order valence-electron chi connectivity index (χ3n) is 4.28. The second kappa shape index (κ2) is 6.87. The molecule has 23 heavy (non-hydrogen) atoms. The molecule has 0 unspecified atom stereocenters. The number of H-pyrrole nitrogens is 1. The topological polar surface area (TPSA) is 86.5 Å². The molecule has 2 aliphatic heterocycles. The van der Waals surface area contributed by atoms with Gasteiger partial charge in [0.1, 0.15) is 0 Å². The number of hydrogen-bond donors (Lipinski definition) is 3. The van der Waals surface area contributed by atoms with Gasteiger partial charge in [0.2, 0.25) is 0 Å². The Morgan fingerprint density at radius 2 is 2.35 bits per heavy atom. The van der Waals surface area contributed by atoms with E-state index in [-0.39, 0.29) is 24.6 Å². The zero-order valence-electron chi connectivity index (χ0n) is 13.2. The first-order chi connectivity index (χ1) is 11.2. The number of carbonyl (C=O) groups is 2. The highest BCUT2D eigenvalue weighted by Crippen LogP contribution is 2.31. The fraction of sp³-hybridized carbons (Fsp3) is 0.500. The normalized spacial score (nSPS) is 22.0. The smallest absolute Gasteiger partial charge is 0.337 e. The minimum Gasteiger partial charge on any atom is -0.463 e. The molecule has 0 spiro atoms. The fourth-order valence-corrected chi connectivity index (χ4v) is 3.20. The van der Waals surface area contributed by atoms with Crippen LogP contribution in [0.2, 0.25) is 0 Å². The molecule has 3 N–H and O–H groups in total. The number of aromatic amines is 1. The van der Waals surface area contributed by atoms with Crippen LogP contribution < -0.4 is 10.6 Å². The largest absolute Gasteiger partial charge is 0.463 e. The van der Waals surface area contributed by atoms with Crippen LogP contribution in [-0.4, -0.2) is 48.1 Å². The van der Waals surface area contributed by atoms with Crippen molar-refractivity contribution in [1.82, 2.24) is 20.5 Å². The number of aromatic nitrogens is 1. The molecule has 7 nitrogen and oxygen atoms in total. The number of ether oxygens (including phenoxy) is 1. The Kier molecular flexibility index (Phi) is 4.66. The molecule has 1 fully saturated rings. The molecule has 2 amide bonds. The van der Waals surface area contributed by atoms with E-state index in [0.717, 1.165) is 19.4 Å². The van der Waals surface area contributed by atoms with Gasteiger partial charge in [0, 0.05) is 24.1 Å². The Balaban J connectivity index is 1.79. The summed E-state index contributed by atoms with van der Waals surface area (Å²) >= 11 is 0. The molecular formula is C16H22N4O3. The summed E-state index contributed by atoms with van der Waals surface area (Å²) in [5.74, 6) is -0.370. The number of hydrogen-bond acceptors (Lipinski definition) is 4. The number of nitrogens with zero attached hydrogens (tertiary/aromatic N) is 1. The first-order valence-electron chi connectivity index (χ1n) is 8.00. The van der Waals surface area contributed by atoms with Crippen LogP contribution in [0.15, 0.2) is 29.6 Å². The van der Waals surface area contributed by atoms with Crippen LogP contribution in [0.3, 0.4) is 0 Å². The monoisotopic (exact) mass is 318 g/mol. The van der Waals surface area contributed by atoms with E-state index < -0.39 is 0 Å². The molecular weight excluding hydrogens is 296 g/mol. The maximum Gasteiger partial charge on any atom is 0.337 e. The Morgan fingerprint density at radius 1 is 1.48 bits per heavy atom. The lowest BCUT2D eigenvalue weighted by Gasteiger charge is -2.28. The zero-order chi connectivity index (χ0) is 16.2. The van der Waals surface area contributed by atoms with Crippen molar-refractivity contribution in [1.29, 1.82) is 0 Å². The van der Waals surface area contributed by atoms with E-state index in [9.17, 15) is 9.59 Å². The molecule has 0 radical (unpaired) electrons. The van der Waals surface area contributed by atoms with E-state index in [4.69, 9.17) is 4.74 Å². The van der Waals surface area contributed by atoms with Gasteiger partial charge >= 0.3 is 12.0 Å². The molecule has 1 saturated heterocycles. The maximum absolute atomic E-state index is 12.1. The van der Waals surface area contributed by atoms with Crippen molar-refractivity contribution in [2.45, 2.75) is 25.8 Å². The average molecular weight is 318 g/mol. The first kappa shape index (κ1) is 15.6. The highest BCUT2D eigenvalue weighted by molar-refractivity contribution is 5.93. The summed E-state index contributed by atoms with van der Waals surface area (Å²) in [6.07, 6.45) is 4.08. The van der Waals surface area contributed by atoms with Gasteiger partial charge in [-0.05, 0) is 38.4 Å². The van der Waals surface area contributed by atoms with Crippen LogP contribution in [0.5, 0.6) is 0 Å². The van der Waals surface area contributed by atoms with E-state index in [1.165, 1.54) is 5.69 Å². The van der Waals surface area contributed by atoms with E-state index in [2.05, 4.69) is 26.6 Å². The molecule has 0 aromatic carbocycles. The summed E-state index contributed by atoms with van der Waals surface area (Å²) < 4.78 is 5.10. The molecule has 1 aromatic rings. The molecule has 0 bridgehead atoms. The van der Waals surface area contributed by atoms with Crippen LogP contribution in [0.4, 0.5) is 4.79 Å². The number of rotatable bonds is 5. The summed E-state index contributed by atoms with van der Waals surface area (Å²) in [4.78, 5) is 29.3. The van der Waals surface area contributed by atoms with Gasteiger partial charge in [-0.15, -0.1) is 0 Å². The molecule has 2 aliphatic rings. The number of nitrogens with one attached hydrogen (secondary N) is 3. The second-order valence-electron chi connectivity index (χ2n) is 5.74. The third kappa shape index (κ3) is 3.39. The molecule has 0 aliphatic carbocycles. The van der Waals surface area contributed by atoms with Crippen molar-refractivity contribution >= 4 is 12.0 Å². The molecule has 1 atom stereocenters. The van der Waals surface area contributed by atoms with Gasteiger partial charge < -0.3 is 20.4 Å². The number of esters is 1. The van der Waals surface area contributed by atoms with Gasteiger partial charge in [-0.1, -0.05) is 0 Å². The highest BCUT2D eigenvalue weighted by atomic mass is 16.5. The quantitative estimate of drug-likeness (QED) is 0.714. The van der Waals surface area contributed by atoms with E-state index in [1.54, 1.807) is 6.92 Å². The fourth-order valence-electron chi connectivity index (χ4n) is 3.20. The summed E-state index contributed by atoms with van der Waals surface area (Å²) in [6.45, 7) is 3.77. The molecule has 3 heterocycles. The Labute approximate surface area is 135 Å². The van der Waals surface area contributed by atoms with Gasteiger partial charge in [0.25, 0.3) is 0 Å². The van der Waals surface area contributed by atoms with Crippen molar-refractivity contribution in [2.75, 3.05) is 26.2 Å². The van der Waals surface area contributed by atoms with Crippen molar-refractivity contribution in [3.8, 4) is 0 Å². The lowest BCUT2D eigenvalue weighted by atomic mass is 10.1. The first-order valence-corrected chi connectivity index (χ1v) is 8.00. The molecule has 7 heteroatoms. The van der Waals surface area contributed by atoms with Crippen molar-refractivity contribution in [2.24, 2.45) is 0 Å². The van der Waals surface area contributed by atoms with Crippen molar-refractivity contribution in [3.63, 3.8) is 0 Å². The molecule has 124 valence electrons. The number of likely N-dealkylation sites (tertiary alicyclic amines) is 1. The lowest BCUT2D eigenvalue weighted by Crippen LogP contribution is -2.46. The van der Waals surface area contributed by atoms with Crippen LogP contribution in [0.25, 0.3) is 0 Å². The van der Waals surface area contributed by atoms with Gasteiger partial charge in [-0.3, -0.25) is 4.90 Å². The average Bonchev–Trinajstić information content (AvgIpc) is 3.18. The predicted molar refractivity (Wildman–Crippen MR) is 84.5 cm³/mol. The Morgan fingerprint density at radius 3 is 3.09 bits per heavy atom. The van der Waals surface area contributed by atoms with Crippen LogP contribution in [0, 0.1) is 0 Å². The van der Waals surface area contributed by atoms with Gasteiger partial charge in [0.05, 0.1) is 24.8 Å². The van der Waals surface area contributed by atoms with Gasteiger partial charge in [0.15, 0.2) is 0 Å². The summed E-state index contributed by atoms with van der Waals surface area (Å²) in [5.41, 5.74) is 2.32. The standard InChI is InChI=1S/C16H22N4O3/c1-2-23-15(21)11-9-18-16(22)19-13(11)10-20-8-4-6-14(20)12-5-3-7-17-12/h3,5,7,14,17H,2,4,6,8-10H2,1H3,(H2,18,19,22)/t14-/m0/s1. The lowest BCUT2D eigenvalue weighted by molar-refractivity contribution is -0.138. The van der Waals surface area contributed by atoms with E-state index in [1.807, 2.05) is 12.3 Å². The third-order valence-corrected chi connectivity index (χ3v) is 4.28. The number of urea groups is 1. The van der Waals surface area contributed by atoms with E-state index in [0.29, 0.717) is 24.4 Å². The number of amides is 2. The maximum atomic E-state index is 12.1. The minimum absolute atomic E-state index is 0.209. The molecule has 1 aromatic heterocycles. The predicted octanol–water partition coefficient (Wildman–Crippen LogP) is 1.28. The summed E-state index contributed by atoms with van der Waals surface area (Å²) in [7, 11) is 0. The molecule has 3 rings (SSSR count).